The molecule has 1 saturated heterocycles. The summed E-state index contributed by atoms with van der Waals surface area (Å²) in [7, 11) is 3.18. The molecule has 6 nitrogen and oxygen atoms in total. The Hall–Kier alpha value is -2.86. The number of carbonyl (C=O) groups is 2. The lowest BCUT2D eigenvalue weighted by molar-refractivity contribution is -0.125. The normalized spacial score (nSPS) is 25.1. The molecular weight excluding hydrogens is 308 g/mol. The topological polar surface area (TPSA) is 71.2 Å². The number of rotatable bonds is 2. The van der Waals surface area contributed by atoms with Crippen LogP contribution in [0.25, 0.3) is 0 Å². The van der Waals surface area contributed by atoms with E-state index in [1.807, 2.05) is 12.1 Å². The number of likely N-dealkylation sites (N-methyl/N-ethyl adjacent to an activating group) is 1. The lowest BCUT2D eigenvalue weighted by Gasteiger charge is -2.21. The second kappa shape index (κ2) is 5.07. The number of nitrogens with one attached hydrogen (secondary N) is 1. The highest BCUT2D eigenvalue weighted by atomic mass is 16.6. The molecule has 0 aromatic heterocycles. The van der Waals surface area contributed by atoms with Crippen molar-refractivity contribution in [1.29, 1.82) is 0 Å². The van der Waals surface area contributed by atoms with Gasteiger partial charge in [-0.15, -0.1) is 0 Å². The number of anilines is 1. The average molecular weight is 324 g/mol. The van der Waals surface area contributed by atoms with Crippen molar-refractivity contribution in [1.82, 2.24) is 4.90 Å². The van der Waals surface area contributed by atoms with Crippen LogP contribution in [0, 0.1) is 0 Å². The van der Waals surface area contributed by atoms with Gasteiger partial charge in [-0.2, -0.15) is 0 Å². The van der Waals surface area contributed by atoms with Crippen LogP contribution in [0.1, 0.15) is 22.0 Å². The SMILES string of the molecule is COc1ccc([C@H]2O[C@]23C(=O)Nc2ccccc2C(=O)N3C)cc1. The number of carbonyl (C=O) groups excluding carboxylic acids is 2. The summed E-state index contributed by atoms with van der Waals surface area (Å²) in [6, 6.07) is 14.2. The second-order valence-electron chi connectivity index (χ2n) is 5.83. The molecule has 0 saturated carbocycles. The molecule has 2 atom stereocenters. The van der Waals surface area contributed by atoms with Crippen LogP contribution >= 0.6 is 0 Å². The van der Waals surface area contributed by atoms with Gasteiger partial charge in [-0.3, -0.25) is 9.59 Å². The molecule has 2 aliphatic rings. The third kappa shape index (κ3) is 1.93. The van der Waals surface area contributed by atoms with Gasteiger partial charge in [0.1, 0.15) is 11.9 Å². The van der Waals surface area contributed by atoms with Crippen LogP contribution in [-0.2, 0) is 9.53 Å². The van der Waals surface area contributed by atoms with E-state index in [1.54, 1.807) is 50.6 Å². The highest BCUT2D eigenvalue weighted by Gasteiger charge is 2.68. The fourth-order valence-corrected chi connectivity index (χ4v) is 3.12. The maximum Gasteiger partial charge on any atom is 0.281 e. The first-order chi connectivity index (χ1) is 11.6. The zero-order valence-electron chi connectivity index (χ0n) is 13.3. The summed E-state index contributed by atoms with van der Waals surface area (Å²) in [6.45, 7) is 0. The van der Waals surface area contributed by atoms with E-state index in [2.05, 4.69) is 5.32 Å². The molecule has 0 bridgehead atoms. The summed E-state index contributed by atoms with van der Waals surface area (Å²) in [5, 5.41) is 2.81. The number of epoxide rings is 1. The predicted molar refractivity (Wildman–Crippen MR) is 86.7 cm³/mol. The van der Waals surface area contributed by atoms with E-state index >= 15 is 0 Å². The zero-order valence-corrected chi connectivity index (χ0v) is 13.3. The Morgan fingerprint density at radius 2 is 1.83 bits per heavy atom. The highest BCUT2D eigenvalue weighted by Crippen LogP contribution is 2.53. The fraction of sp³-hybridized carbons (Fsp3) is 0.222. The van der Waals surface area contributed by atoms with Gasteiger partial charge in [-0.25, -0.2) is 0 Å². The Labute approximate surface area is 139 Å². The van der Waals surface area contributed by atoms with Crippen LogP contribution in [0.3, 0.4) is 0 Å². The van der Waals surface area contributed by atoms with Gasteiger partial charge >= 0.3 is 0 Å². The van der Waals surface area contributed by atoms with E-state index in [0.29, 0.717) is 11.3 Å². The van der Waals surface area contributed by atoms with Crippen molar-refractivity contribution in [2.45, 2.75) is 11.8 Å². The molecule has 2 heterocycles. The molecule has 0 unspecified atom stereocenters. The number of fused-ring (bicyclic) bond motifs is 1. The minimum absolute atomic E-state index is 0.250. The number of amides is 2. The zero-order chi connectivity index (χ0) is 16.9. The molecule has 0 radical (unpaired) electrons. The summed E-state index contributed by atoms with van der Waals surface area (Å²) < 4.78 is 10.9. The van der Waals surface area contributed by atoms with Gasteiger partial charge in [0.15, 0.2) is 0 Å². The Kier molecular flexibility index (Phi) is 3.11. The maximum absolute atomic E-state index is 12.8. The van der Waals surface area contributed by atoms with Crippen molar-refractivity contribution in [2.24, 2.45) is 0 Å². The molecular formula is C18H16N2O4. The van der Waals surface area contributed by atoms with E-state index in [1.165, 1.54) is 4.90 Å². The van der Waals surface area contributed by atoms with Gasteiger partial charge in [0, 0.05) is 7.05 Å². The minimum atomic E-state index is -1.31. The Bertz CT molecular complexity index is 833. The summed E-state index contributed by atoms with van der Waals surface area (Å²) >= 11 is 0. The summed E-state index contributed by atoms with van der Waals surface area (Å²) in [5.41, 5.74) is 0.455. The van der Waals surface area contributed by atoms with Gasteiger partial charge < -0.3 is 19.7 Å². The maximum atomic E-state index is 12.8. The van der Waals surface area contributed by atoms with Crippen molar-refractivity contribution in [3.63, 3.8) is 0 Å². The molecule has 1 fully saturated rings. The molecule has 2 aromatic rings. The number of ether oxygens (including phenoxy) is 2. The Morgan fingerprint density at radius 3 is 2.54 bits per heavy atom. The third-order valence-corrected chi connectivity index (χ3v) is 4.55. The molecule has 2 aromatic carbocycles. The molecule has 0 aliphatic carbocycles. The van der Waals surface area contributed by atoms with Crippen molar-refractivity contribution in [3.8, 4) is 5.75 Å². The van der Waals surface area contributed by atoms with Crippen molar-refractivity contribution in [2.75, 3.05) is 19.5 Å². The first kappa shape index (κ1) is 14.7. The highest BCUT2D eigenvalue weighted by molar-refractivity contribution is 6.12. The molecule has 2 amide bonds. The molecule has 6 heteroatoms. The quantitative estimate of drug-likeness (QED) is 0.860. The number of benzene rings is 2. The molecule has 4 rings (SSSR count). The van der Waals surface area contributed by atoms with Gasteiger partial charge in [0.2, 0.25) is 0 Å². The van der Waals surface area contributed by atoms with Crippen LogP contribution in [0.4, 0.5) is 5.69 Å². The first-order valence-corrected chi connectivity index (χ1v) is 7.58. The second-order valence-corrected chi connectivity index (χ2v) is 5.83. The van der Waals surface area contributed by atoms with Crippen LogP contribution in [0.5, 0.6) is 5.75 Å². The van der Waals surface area contributed by atoms with Crippen molar-refractivity contribution in [3.05, 3.63) is 59.7 Å². The van der Waals surface area contributed by atoms with Gasteiger partial charge in [0.05, 0.1) is 18.4 Å². The van der Waals surface area contributed by atoms with Crippen LogP contribution in [0.15, 0.2) is 48.5 Å². The van der Waals surface area contributed by atoms with E-state index in [0.717, 1.165) is 11.3 Å². The number of methoxy groups -OCH3 is 1. The van der Waals surface area contributed by atoms with E-state index < -0.39 is 11.8 Å². The number of nitrogens with zero attached hydrogens (tertiary/aromatic N) is 1. The summed E-state index contributed by atoms with van der Waals surface area (Å²) in [6.07, 6.45) is -0.508. The van der Waals surface area contributed by atoms with Crippen LogP contribution in [-0.4, -0.2) is 36.6 Å². The summed E-state index contributed by atoms with van der Waals surface area (Å²) in [5.74, 6) is 0.125. The van der Waals surface area contributed by atoms with Gasteiger partial charge in [-0.1, -0.05) is 24.3 Å². The predicted octanol–water partition coefficient (Wildman–Crippen LogP) is 2.19. The third-order valence-electron chi connectivity index (χ3n) is 4.55. The lowest BCUT2D eigenvalue weighted by atomic mass is 10.0. The average Bonchev–Trinajstić information content (AvgIpc) is 3.38. The van der Waals surface area contributed by atoms with Crippen molar-refractivity contribution >= 4 is 17.5 Å². The first-order valence-electron chi connectivity index (χ1n) is 7.58. The standard InChI is InChI=1S/C18H16N2O4/c1-20-16(21)13-5-3-4-6-14(13)19-17(22)18(20)15(24-18)11-7-9-12(23-2)10-8-11/h3-10,15H,1-2H3,(H,19,22)/t15-,18+/m1/s1. The molecule has 1 spiro atoms. The molecule has 122 valence electrons. The Morgan fingerprint density at radius 1 is 1.12 bits per heavy atom. The molecule has 2 aliphatic heterocycles. The fourth-order valence-electron chi connectivity index (χ4n) is 3.12. The number of hydrogen-bond acceptors (Lipinski definition) is 4. The molecule has 24 heavy (non-hydrogen) atoms. The van der Waals surface area contributed by atoms with Crippen LogP contribution < -0.4 is 10.1 Å². The monoisotopic (exact) mass is 324 g/mol. The molecule has 1 N–H and O–H groups in total. The van der Waals surface area contributed by atoms with Gasteiger partial charge in [0.25, 0.3) is 17.5 Å². The Balaban J connectivity index is 1.71. The van der Waals surface area contributed by atoms with Crippen LogP contribution in [0.2, 0.25) is 0 Å². The van der Waals surface area contributed by atoms with Crippen molar-refractivity contribution < 1.29 is 19.1 Å². The van der Waals surface area contributed by atoms with Gasteiger partial charge in [-0.05, 0) is 29.8 Å². The number of para-hydroxylation sites is 1. The largest absolute Gasteiger partial charge is 0.497 e. The van der Waals surface area contributed by atoms with E-state index in [-0.39, 0.29) is 11.8 Å². The lowest BCUT2D eigenvalue weighted by Crippen LogP contribution is -2.46. The smallest absolute Gasteiger partial charge is 0.281 e. The van der Waals surface area contributed by atoms with E-state index in [9.17, 15) is 9.59 Å². The van der Waals surface area contributed by atoms with E-state index in [4.69, 9.17) is 9.47 Å². The minimum Gasteiger partial charge on any atom is -0.497 e. The number of hydrogen-bond donors (Lipinski definition) is 1. The summed E-state index contributed by atoms with van der Waals surface area (Å²) in [4.78, 5) is 26.9.